The quantitative estimate of drug-likeness (QED) is 0.360. The molecule has 0 radical (unpaired) electrons. The molecule has 2 amide bonds. The lowest BCUT2D eigenvalue weighted by Gasteiger charge is -2.34. The van der Waals surface area contributed by atoms with Crippen LogP contribution in [0.4, 0.5) is 5.69 Å². The number of carbonyl (C=O) groups is 2. The van der Waals surface area contributed by atoms with Gasteiger partial charge in [0.25, 0.3) is 0 Å². The highest BCUT2D eigenvalue weighted by Crippen LogP contribution is 2.22. The molecule has 1 aliphatic carbocycles. The van der Waals surface area contributed by atoms with Crippen LogP contribution >= 0.6 is 11.6 Å². The van der Waals surface area contributed by atoms with Crippen molar-refractivity contribution in [3.63, 3.8) is 0 Å². The summed E-state index contributed by atoms with van der Waals surface area (Å²) in [6.07, 6.45) is 5.28. The number of benzene rings is 3. The predicted molar refractivity (Wildman–Crippen MR) is 155 cm³/mol. The summed E-state index contributed by atoms with van der Waals surface area (Å²) in [6, 6.07) is 24.4. The minimum atomic E-state index is -3.79. The highest BCUT2D eigenvalue weighted by molar-refractivity contribution is 7.92. The van der Waals surface area contributed by atoms with Crippen molar-refractivity contribution in [1.82, 2.24) is 10.2 Å². The van der Waals surface area contributed by atoms with Crippen LogP contribution in [0.1, 0.15) is 36.8 Å². The summed E-state index contributed by atoms with van der Waals surface area (Å²) in [6.45, 7) is -0.340. The van der Waals surface area contributed by atoms with Gasteiger partial charge < -0.3 is 10.2 Å². The smallest absolute Gasteiger partial charge is 0.244 e. The molecule has 1 fully saturated rings. The molecule has 0 spiro atoms. The van der Waals surface area contributed by atoms with E-state index >= 15 is 0 Å². The van der Waals surface area contributed by atoms with Crippen molar-refractivity contribution in [2.75, 3.05) is 17.1 Å². The van der Waals surface area contributed by atoms with Gasteiger partial charge in [0.15, 0.2) is 0 Å². The van der Waals surface area contributed by atoms with Crippen LogP contribution in [-0.2, 0) is 32.6 Å². The van der Waals surface area contributed by atoms with Gasteiger partial charge in [-0.2, -0.15) is 0 Å². The number of amides is 2. The van der Waals surface area contributed by atoms with Crippen LogP contribution in [0, 0.1) is 0 Å². The van der Waals surface area contributed by atoms with Crippen LogP contribution in [0.3, 0.4) is 0 Å². The first-order chi connectivity index (χ1) is 18.7. The standard InChI is InChI=1S/C30H34ClN3O4S/c1-39(37,38)34(27-17-6-3-7-18-27)22-29(35)33(21-24-13-10-14-25(31)19-24)28(20-23-11-4-2-5-12-23)30(36)32-26-15-8-9-16-26/h2-7,10-14,17-19,26,28H,8-9,15-16,20-22H2,1H3,(H,32,36)/t28-/m0/s1. The van der Waals surface area contributed by atoms with Gasteiger partial charge in [-0.1, -0.05) is 85.1 Å². The summed E-state index contributed by atoms with van der Waals surface area (Å²) < 4.78 is 26.6. The molecule has 206 valence electrons. The lowest BCUT2D eigenvalue weighted by Crippen LogP contribution is -2.54. The van der Waals surface area contributed by atoms with Crippen LogP contribution in [-0.4, -0.2) is 50.0 Å². The number of carbonyl (C=O) groups excluding carboxylic acids is 2. The van der Waals surface area contributed by atoms with Gasteiger partial charge in [0.1, 0.15) is 12.6 Å². The maximum Gasteiger partial charge on any atom is 0.244 e. The Kier molecular flexibility index (Phi) is 9.64. The van der Waals surface area contributed by atoms with E-state index in [9.17, 15) is 18.0 Å². The monoisotopic (exact) mass is 567 g/mol. The number of rotatable bonds is 11. The van der Waals surface area contributed by atoms with Crippen molar-refractivity contribution < 1.29 is 18.0 Å². The zero-order valence-corrected chi connectivity index (χ0v) is 23.6. The second kappa shape index (κ2) is 13.1. The molecule has 39 heavy (non-hydrogen) atoms. The molecular formula is C30H34ClN3O4S. The fourth-order valence-corrected chi connectivity index (χ4v) is 6.02. The molecule has 1 N–H and O–H groups in total. The van der Waals surface area contributed by atoms with Crippen LogP contribution in [0.2, 0.25) is 5.02 Å². The summed E-state index contributed by atoms with van der Waals surface area (Å²) in [5.41, 5.74) is 2.02. The topological polar surface area (TPSA) is 86.8 Å². The molecular weight excluding hydrogens is 534 g/mol. The van der Waals surface area contributed by atoms with E-state index < -0.39 is 28.5 Å². The number of sulfonamides is 1. The molecule has 4 rings (SSSR count). The van der Waals surface area contributed by atoms with Gasteiger partial charge in [-0.05, 0) is 48.2 Å². The fraction of sp³-hybridized carbons (Fsp3) is 0.333. The second-order valence-electron chi connectivity index (χ2n) is 9.95. The third kappa shape index (κ3) is 8.07. The highest BCUT2D eigenvalue weighted by atomic mass is 35.5. The highest BCUT2D eigenvalue weighted by Gasteiger charge is 2.34. The first-order valence-corrected chi connectivity index (χ1v) is 15.3. The SMILES string of the molecule is CS(=O)(=O)N(CC(=O)N(Cc1cccc(Cl)c1)[C@@H](Cc1ccccc1)C(=O)NC1CCCC1)c1ccccc1. The van der Waals surface area contributed by atoms with E-state index in [0.29, 0.717) is 10.7 Å². The van der Waals surface area contributed by atoms with Gasteiger partial charge in [0.05, 0.1) is 11.9 Å². The van der Waals surface area contributed by atoms with Gasteiger partial charge in [-0.15, -0.1) is 0 Å². The number of para-hydroxylation sites is 1. The Morgan fingerprint density at radius 3 is 2.15 bits per heavy atom. The normalized spacial score (nSPS) is 14.5. The average Bonchev–Trinajstić information content (AvgIpc) is 3.42. The average molecular weight is 568 g/mol. The van der Waals surface area contributed by atoms with E-state index in [1.165, 1.54) is 4.90 Å². The molecule has 0 saturated heterocycles. The Morgan fingerprint density at radius 1 is 0.923 bits per heavy atom. The summed E-state index contributed by atoms with van der Waals surface area (Å²) in [5.74, 6) is -0.724. The van der Waals surface area contributed by atoms with E-state index in [4.69, 9.17) is 11.6 Å². The van der Waals surface area contributed by atoms with Gasteiger partial charge >= 0.3 is 0 Å². The minimum Gasteiger partial charge on any atom is -0.352 e. The number of hydrogen-bond acceptors (Lipinski definition) is 4. The zero-order chi connectivity index (χ0) is 27.8. The van der Waals surface area contributed by atoms with Gasteiger partial charge in [-0.25, -0.2) is 8.42 Å². The molecule has 0 bridgehead atoms. The molecule has 3 aromatic rings. The molecule has 3 aromatic carbocycles. The molecule has 0 unspecified atom stereocenters. The van der Waals surface area contributed by atoms with Crippen molar-refractivity contribution >= 4 is 39.1 Å². The summed E-state index contributed by atoms with van der Waals surface area (Å²) >= 11 is 6.25. The number of hydrogen-bond donors (Lipinski definition) is 1. The van der Waals surface area contributed by atoms with Crippen molar-refractivity contribution in [1.29, 1.82) is 0 Å². The number of halogens is 1. The molecule has 7 nitrogen and oxygen atoms in total. The molecule has 0 aliphatic heterocycles. The van der Waals surface area contributed by atoms with Crippen molar-refractivity contribution in [3.8, 4) is 0 Å². The maximum atomic E-state index is 14.0. The van der Waals surface area contributed by atoms with Crippen molar-refractivity contribution in [2.45, 2.75) is 50.7 Å². The summed E-state index contributed by atoms with van der Waals surface area (Å²) in [7, 11) is -3.79. The van der Waals surface area contributed by atoms with Crippen molar-refractivity contribution in [3.05, 3.63) is 101 Å². The predicted octanol–water partition coefficient (Wildman–Crippen LogP) is 4.80. The van der Waals surface area contributed by atoms with Gasteiger partial charge in [0, 0.05) is 24.0 Å². The van der Waals surface area contributed by atoms with E-state index in [-0.39, 0.29) is 24.9 Å². The Balaban J connectivity index is 1.71. The lowest BCUT2D eigenvalue weighted by atomic mass is 10.0. The van der Waals surface area contributed by atoms with Crippen LogP contribution in [0.5, 0.6) is 0 Å². The Bertz CT molecular complexity index is 1360. The van der Waals surface area contributed by atoms with Crippen LogP contribution in [0.25, 0.3) is 0 Å². The number of nitrogens with one attached hydrogen (secondary N) is 1. The molecule has 1 saturated carbocycles. The van der Waals surface area contributed by atoms with Crippen LogP contribution < -0.4 is 9.62 Å². The molecule has 1 aliphatic rings. The van der Waals surface area contributed by atoms with Gasteiger partial charge in [-0.3, -0.25) is 13.9 Å². The van der Waals surface area contributed by atoms with E-state index in [0.717, 1.165) is 47.4 Å². The minimum absolute atomic E-state index is 0.0655. The molecule has 0 aromatic heterocycles. The Morgan fingerprint density at radius 2 is 1.54 bits per heavy atom. The first kappa shape index (κ1) is 28.6. The third-order valence-electron chi connectivity index (χ3n) is 6.94. The fourth-order valence-electron chi connectivity index (χ4n) is 4.96. The number of anilines is 1. The first-order valence-electron chi connectivity index (χ1n) is 13.1. The Labute approximate surface area is 235 Å². The summed E-state index contributed by atoms with van der Waals surface area (Å²) in [4.78, 5) is 29.3. The molecule has 0 heterocycles. The Hall–Kier alpha value is -3.36. The summed E-state index contributed by atoms with van der Waals surface area (Å²) in [5, 5.41) is 3.67. The van der Waals surface area contributed by atoms with Crippen LogP contribution in [0.15, 0.2) is 84.9 Å². The van der Waals surface area contributed by atoms with E-state index in [1.807, 2.05) is 36.4 Å². The zero-order valence-electron chi connectivity index (χ0n) is 22.0. The maximum absolute atomic E-state index is 14.0. The van der Waals surface area contributed by atoms with Crippen molar-refractivity contribution in [2.24, 2.45) is 0 Å². The van der Waals surface area contributed by atoms with Gasteiger partial charge in [0.2, 0.25) is 21.8 Å². The number of nitrogens with zero attached hydrogens (tertiary/aromatic N) is 2. The van der Waals surface area contributed by atoms with E-state index in [1.54, 1.807) is 48.5 Å². The van der Waals surface area contributed by atoms with E-state index in [2.05, 4.69) is 5.32 Å². The lowest BCUT2D eigenvalue weighted by molar-refractivity contribution is -0.140. The molecule has 9 heteroatoms. The molecule has 1 atom stereocenters. The largest absolute Gasteiger partial charge is 0.352 e. The third-order valence-corrected chi connectivity index (χ3v) is 8.31. The second-order valence-corrected chi connectivity index (χ2v) is 12.3.